The fraction of sp³-hybridized carbons (Fsp3) is 0.971. The zero-order valence-corrected chi connectivity index (χ0v) is 25.5. The summed E-state index contributed by atoms with van der Waals surface area (Å²) in [6.07, 6.45) is 43.9. The van der Waals surface area contributed by atoms with E-state index in [1.54, 1.807) is 0 Å². The van der Waals surface area contributed by atoms with Crippen LogP contribution in [0.15, 0.2) is 0 Å². The molecule has 0 spiro atoms. The summed E-state index contributed by atoms with van der Waals surface area (Å²) in [4.78, 5) is 11.1. The summed E-state index contributed by atoms with van der Waals surface area (Å²) >= 11 is 0. The number of esters is 1. The van der Waals surface area contributed by atoms with Gasteiger partial charge in [-0.05, 0) is 6.42 Å². The van der Waals surface area contributed by atoms with E-state index in [2.05, 4.69) is 6.92 Å². The van der Waals surface area contributed by atoms with E-state index in [1.165, 1.54) is 193 Å². The first kappa shape index (κ1) is 34.5. The topological polar surface area (TPSA) is 26.3 Å². The molecule has 0 radical (unpaired) electrons. The van der Waals surface area contributed by atoms with Gasteiger partial charge in [0.1, 0.15) is 0 Å². The first-order valence-corrected chi connectivity index (χ1v) is 17.5. The Bertz CT molecular complexity index is 460. The maximum absolute atomic E-state index is 11.1. The molecule has 0 unspecified atom stereocenters. The summed E-state index contributed by atoms with van der Waals surface area (Å²) < 4.78 is 5.04. The molecule has 0 saturated carbocycles. The van der Waals surface area contributed by atoms with E-state index in [9.17, 15) is 4.79 Å². The highest BCUT2D eigenvalue weighted by Crippen LogP contribution is 2.21. The Morgan fingerprint density at radius 3 is 0.973 bits per heavy atom. The van der Waals surface area contributed by atoms with Crippen LogP contribution in [-0.4, -0.2) is 12.6 Å². The number of rotatable bonds is 30. The predicted molar refractivity (Wildman–Crippen MR) is 163 cm³/mol. The van der Waals surface area contributed by atoms with E-state index in [4.69, 9.17) is 4.74 Å². The minimum absolute atomic E-state index is 0.0143. The van der Waals surface area contributed by atoms with Crippen molar-refractivity contribution in [2.75, 3.05) is 6.61 Å². The van der Waals surface area contributed by atoms with Gasteiger partial charge in [0.2, 0.25) is 0 Å². The smallest absolute Gasteiger partial charge is 0.306 e. The number of cyclic esters (lactones) is 1. The first-order valence-electron chi connectivity index (χ1n) is 17.5. The van der Waals surface area contributed by atoms with Crippen LogP contribution in [0.3, 0.4) is 0 Å². The molecule has 37 heavy (non-hydrogen) atoms. The average molecular weight is 521 g/mol. The lowest BCUT2D eigenvalue weighted by Gasteiger charge is -2.06. The van der Waals surface area contributed by atoms with Gasteiger partial charge in [-0.1, -0.05) is 193 Å². The van der Waals surface area contributed by atoms with Crippen LogP contribution in [0.4, 0.5) is 0 Å². The molecular formula is C35H68O2. The van der Waals surface area contributed by atoms with E-state index in [0.29, 0.717) is 18.9 Å². The third-order valence-corrected chi connectivity index (χ3v) is 8.65. The molecule has 2 heteroatoms. The number of hydrogen-bond donors (Lipinski definition) is 0. The van der Waals surface area contributed by atoms with Crippen molar-refractivity contribution in [1.29, 1.82) is 0 Å². The van der Waals surface area contributed by atoms with E-state index in [0.717, 1.165) is 0 Å². The standard InChI is InChI=1S/C35H68O2/c1-2-3-4-5-6-7-8-9-10-11-12-13-14-15-16-17-18-19-20-21-22-23-24-25-26-27-28-29-30-31-34-32-35(36)37-33-34/h34H,2-33H2,1H3/t34-/m0/s1. The molecule has 1 aliphatic rings. The molecule has 0 aromatic carbocycles. The fourth-order valence-corrected chi connectivity index (χ4v) is 6.03. The number of unbranched alkanes of at least 4 members (excludes halogenated alkanes) is 28. The van der Waals surface area contributed by atoms with Crippen molar-refractivity contribution in [3.63, 3.8) is 0 Å². The van der Waals surface area contributed by atoms with Gasteiger partial charge in [-0.15, -0.1) is 0 Å². The van der Waals surface area contributed by atoms with Gasteiger partial charge in [0, 0.05) is 5.92 Å². The highest BCUT2D eigenvalue weighted by atomic mass is 16.5. The number of carbonyl (C=O) groups is 1. The summed E-state index contributed by atoms with van der Waals surface area (Å²) in [6, 6.07) is 0. The van der Waals surface area contributed by atoms with Crippen molar-refractivity contribution >= 4 is 5.97 Å². The Labute approximate surface area is 233 Å². The molecule has 0 aromatic heterocycles. The lowest BCUT2D eigenvalue weighted by atomic mass is 9.99. The zero-order valence-electron chi connectivity index (χ0n) is 25.5. The molecule has 1 fully saturated rings. The minimum atomic E-state index is 0.0143. The largest absolute Gasteiger partial charge is 0.465 e. The monoisotopic (exact) mass is 521 g/mol. The first-order chi connectivity index (χ1) is 18.3. The van der Waals surface area contributed by atoms with Crippen molar-refractivity contribution in [2.24, 2.45) is 5.92 Å². The molecule has 1 atom stereocenters. The fourth-order valence-electron chi connectivity index (χ4n) is 6.03. The zero-order chi connectivity index (χ0) is 26.5. The third-order valence-electron chi connectivity index (χ3n) is 8.65. The maximum atomic E-state index is 11.1. The SMILES string of the molecule is CCCCCCCCCCCCCCCCCCCCCCCCCCCCCCC[C@@H]1COC(=O)C1. The Morgan fingerprint density at radius 2 is 0.730 bits per heavy atom. The second kappa shape index (κ2) is 28.5. The van der Waals surface area contributed by atoms with E-state index >= 15 is 0 Å². The number of ether oxygens (including phenoxy) is 1. The van der Waals surface area contributed by atoms with Crippen LogP contribution in [0.25, 0.3) is 0 Å². The highest BCUT2D eigenvalue weighted by molar-refractivity contribution is 5.71. The second-order valence-corrected chi connectivity index (χ2v) is 12.4. The molecule has 2 nitrogen and oxygen atoms in total. The average Bonchev–Trinajstić information content (AvgIpc) is 3.32. The van der Waals surface area contributed by atoms with Crippen LogP contribution < -0.4 is 0 Å². The Kier molecular flexibility index (Phi) is 26.6. The molecule has 1 rings (SSSR count). The van der Waals surface area contributed by atoms with Gasteiger partial charge in [0.15, 0.2) is 0 Å². The minimum Gasteiger partial charge on any atom is -0.465 e. The van der Waals surface area contributed by atoms with Crippen molar-refractivity contribution in [3.8, 4) is 0 Å². The van der Waals surface area contributed by atoms with Gasteiger partial charge in [-0.2, -0.15) is 0 Å². The summed E-state index contributed by atoms with van der Waals surface area (Å²) in [6.45, 7) is 2.98. The summed E-state index contributed by atoms with van der Waals surface area (Å²) in [5.41, 5.74) is 0. The quantitative estimate of drug-likeness (QED) is 0.0695. The Balaban J connectivity index is 1.61. The molecule has 0 aromatic rings. The molecule has 220 valence electrons. The predicted octanol–water partition coefficient (Wildman–Crippen LogP) is 12.3. The van der Waals surface area contributed by atoms with Crippen molar-refractivity contribution in [3.05, 3.63) is 0 Å². The lowest BCUT2D eigenvalue weighted by molar-refractivity contribution is -0.137. The van der Waals surface area contributed by atoms with Crippen molar-refractivity contribution in [1.82, 2.24) is 0 Å². The van der Waals surface area contributed by atoms with Gasteiger partial charge >= 0.3 is 5.97 Å². The number of hydrogen-bond acceptors (Lipinski definition) is 2. The Morgan fingerprint density at radius 1 is 0.459 bits per heavy atom. The van der Waals surface area contributed by atoms with E-state index in [1.807, 2.05) is 0 Å². The van der Waals surface area contributed by atoms with Crippen LogP contribution in [-0.2, 0) is 9.53 Å². The molecule has 1 heterocycles. The molecule has 1 saturated heterocycles. The van der Waals surface area contributed by atoms with Gasteiger partial charge in [-0.25, -0.2) is 0 Å². The second-order valence-electron chi connectivity index (χ2n) is 12.4. The number of carbonyl (C=O) groups excluding carboxylic acids is 1. The molecular weight excluding hydrogens is 452 g/mol. The molecule has 0 N–H and O–H groups in total. The molecule has 0 amide bonds. The van der Waals surface area contributed by atoms with Crippen LogP contribution in [0, 0.1) is 5.92 Å². The maximum Gasteiger partial charge on any atom is 0.306 e. The Hall–Kier alpha value is -0.530. The van der Waals surface area contributed by atoms with Gasteiger partial charge < -0.3 is 4.74 Å². The third kappa shape index (κ3) is 25.5. The summed E-state index contributed by atoms with van der Waals surface area (Å²) in [5, 5.41) is 0. The lowest BCUT2D eigenvalue weighted by Crippen LogP contribution is -1.98. The van der Waals surface area contributed by atoms with Crippen LogP contribution in [0.1, 0.15) is 206 Å². The highest BCUT2D eigenvalue weighted by Gasteiger charge is 2.22. The van der Waals surface area contributed by atoms with Crippen LogP contribution >= 0.6 is 0 Å². The van der Waals surface area contributed by atoms with Crippen molar-refractivity contribution < 1.29 is 9.53 Å². The van der Waals surface area contributed by atoms with Crippen molar-refractivity contribution in [2.45, 2.75) is 206 Å². The van der Waals surface area contributed by atoms with Crippen LogP contribution in [0.5, 0.6) is 0 Å². The van der Waals surface area contributed by atoms with E-state index in [-0.39, 0.29) is 5.97 Å². The van der Waals surface area contributed by atoms with Crippen LogP contribution in [0.2, 0.25) is 0 Å². The van der Waals surface area contributed by atoms with Gasteiger partial charge in [0.05, 0.1) is 13.0 Å². The summed E-state index contributed by atoms with van der Waals surface area (Å²) in [7, 11) is 0. The van der Waals surface area contributed by atoms with E-state index < -0.39 is 0 Å². The molecule has 0 aliphatic carbocycles. The van der Waals surface area contributed by atoms with Gasteiger partial charge in [-0.3, -0.25) is 4.79 Å². The van der Waals surface area contributed by atoms with Gasteiger partial charge in [0.25, 0.3) is 0 Å². The molecule has 0 bridgehead atoms. The summed E-state index contributed by atoms with van der Waals surface area (Å²) in [5.74, 6) is 0.529. The molecule has 1 aliphatic heterocycles. The normalized spacial score (nSPS) is 15.5.